The lowest BCUT2D eigenvalue weighted by Gasteiger charge is -2.37. The van der Waals surface area contributed by atoms with Crippen LogP contribution in [0, 0.1) is 0 Å². The fourth-order valence-electron chi connectivity index (χ4n) is 7.50. The van der Waals surface area contributed by atoms with Crippen molar-refractivity contribution in [3.63, 3.8) is 0 Å². The average molecular weight is 874 g/mol. The van der Waals surface area contributed by atoms with Gasteiger partial charge >= 0.3 is 0 Å². The fraction of sp³-hybridized carbons (Fsp3) is 0.279. The molecule has 4 aromatic carbocycles. The number of rotatable bonds is 10. The quantitative estimate of drug-likeness (QED) is 0.108. The molecular formula is C43H49ClN8O4S3. The van der Waals surface area contributed by atoms with Crippen LogP contribution in [0.15, 0.2) is 137 Å². The Morgan fingerprint density at radius 1 is 0.610 bits per heavy atom. The van der Waals surface area contributed by atoms with Crippen LogP contribution in [-0.4, -0.2) is 77.0 Å². The molecule has 310 valence electrons. The molecule has 0 amide bonds. The number of nitrogens with one attached hydrogen (secondary N) is 4. The summed E-state index contributed by atoms with van der Waals surface area (Å²) in [6, 6.07) is 35.7. The van der Waals surface area contributed by atoms with Crippen LogP contribution in [0.1, 0.15) is 27.7 Å². The molecule has 12 nitrogen and oxygen atoms in total. The smallest absolute Gasteiger partial charge is 0.261 e. The van der Waals surface area contributed by atoms with Crippen LogP contribution < -0.4 is 29.9 Å². The van der Waals surface area contributed by atoms with E-state index in [1.807, 2.05) is 60.8 Å². The van der Waals surface area contributed by atoms with Gasteiger partial charge in [0.25, 0.3) is 20.0 Å². The molecule has 2 fully saturated rings. The summed E-state index contributed by atoms with van der Waals surface area (Å²) in [6.07, 6.45) is 3.49. The number of thiophene rings is 1. The molecule has 0 unspecified atom stereocenters. The highest BCUT2D eigenvalue weighted by Gasteiger charge is 2.24. The van der Waals surface area contributed by atoms with E-state index in [9.17, 15) is 16.8 Å². The molecule has 6 aromatic rings. The average Bonchev–Trinajstić information content (AvgIpc) is 3.90. The number of benzene rings is 4. The molecule has 2 saturated heterocycles. The topological polar surface area (TPSA) is 141 Å². The van der Waals surface area contributed by atoms with E-state index in [-0.39, 0.29) is 9.79 Å². The summed E-state index contributed by atoms with van der Waals surface area (Å²) in [6.45, 7) is 12.2. The van der Waals surface area contributed by atoms with E-state index < -0.39 is 20.0 Å². The van der Waals surface area contributed by atoms with Crippen molar-refractivity contribution in [1.82, 2.24) is 20.4 Å². The zero-order valence-corrected chi connectivity index (χ0v) is 36.5. The number of hydrogen-bond donors (Lipinski definition) is 4. The third-order valence-corrected chi connectivity index (χ3v) is 14.1. The largest absolute Gasteiger partial charge is 0.368 e. The Balaban J connectivity index is 0.000000179. The van der Waals surface area contributed by atoms with E-state index in [2.05, 4.69) is 62.7 Å². The van der Waals surface area contributed by atoms with Crippen LogP contribution in [-0.2, 0) is 20.0 Å². The van der Waals surface area contributed by atoms with Crippen molar-refractivity contribution in [2.75, 3.05) is 45.4 Å². The van der Waals surface area contributed by atoms with Crippen LogP contribution in [0.4, 0.5) is 22.7 Å². The highest BCUT2D eigenvalue weighted by molar-refractivity contribution is 7.93. The van der Waals surface area contributed by atoms with Crippen LogP contribution in [0.5, 0.6) is 0 Å². The van der Waals surface area contributed by atoms with Gasteiger partial charge in [-0.05, 0) is 124 Å². The Hall–Kier alpha value is -4.90. The maximum absolute atomic E-state index is 12.9. The molecule has 2 aliphatic heterocycles. The second kappa shape index (κ2) is 18.2. The Morgan fingerprint density at radius 3 is 1.51 bits per heavy atom. The molecule has 2 aromatic heterocycles. The predicted molar refractivity (Wildman–Crippen MR) is 241 cm³/mol. The van der Waals surface area contributed by atoms with Gasteiger partial charge in [-0.2, -0.15) is 5.10 Å². The summed E-state index contributed by atoms with van der Waals surface area (Å²) >= 11 is 7.46. The zero-order chi connectivity index (χ0) is 41.7. The third-order valence-electron chi connectivity index (χ3n) is 9.98. The Kier molecular flexibility index (Phi) is 13.0. The first kappa shape index (κ1) is 42.2. The first-order chi connectivity index (χ1) is 28.2. The molecule has 59 heavy (non-hydrogen) atoms. The van der Waals surface area contributed by atoms with Crippen LogP contribution in [0.2, 0.25) is 4.34 Å². The lowest BCUT2D eigenvalue weighted by atomic mass is 10.1. The lowest BCUT2D eigenvalue weighted by molar-refractivity contribution is 0.407. The van der Waals surface area contributed by atoms with Crippen LogP contribution >= 0.6 is 22.9 Å². The minimum Gasteiger partial charge on any atom is -0.368 e. The Bertz CT molecular complexity index is 2530. The summed E-state index contributed by atoms with van der Waals surface area (Å²) in [5.74, 6) is 0. The van der Waals surface area contributed by atoms with Gasteiger partial charge in [-0.3, -0.25) is 9.44 Å². The van der Waals surface area contributed by atoms with Crippen LogP contribution in [0.25, 0.3) is 16.1 Å². The second-order valence-electron chi connectivity index (χ2n) is 15.1. The maximum atomic E-state index is 12.9. The van der Waals surface area contributed by atoms with E-state index in [0.29, 0.717) is 39.9 Å². The van der Waals surface area contributed by atoms with Gasteiger partial charge in [0.1, 0.15) is 0 Å². The molecule has 0 spiro atoms. The number of halogens is 1. The summed E-state index contributed by atoms with van der Waals surface area (Å²) in [4.78, 5) is 6.00. The highest BCUT2D eigenvalue weighted by atomic mass is 35.5. The maximum Gasteiger partial charge on any atom is 0.261 e. The minimum absolute atomic E-state index is 0.211. The highest BCUT2D eigenvalue weighted by Crippen LogP contribution is 2.32. The predicted octanol–water partition coefficient (Wildman–Crippen LogP) is 7.92. The van der Waals surface area contributed by atoms with Gasteiger partial charge in [0.15, 0.2) is 0 Å². The molecular weight excluding hydrogens is 824 g/mol. The van der Waals surface area contributed by atoms with E-state index >= 15 is 0 Å². The van der Waals surface area contributed by atoms with Crippen LogP contribution in [0.3, 0.4) is 0 Å². The summed E-state index contributed by atoms with van der Waals surface area (Å²) in [5, 5.41) is 11.2. The fourth-order valence-corrected chi connectivity index (χ4v) is 10.7. The normalized spacial score (nSPS) is 19.7. The molecule has 0 bridgehead atoms. The molecule has 8 rings (SSSR count). The summed E-state index contributed by atoms with van der Waals surface area (Å²) in [7, 11) is -7.36. The van der Waals surface area contributed by atoms with E-state index in [1.54, 1.807) is 71.5 Å². The van der Waals surface area contributed by atoms with Crippen molar-refractivity contribution in [1.29, 1.82) is 0 Å². The second-order valence-corrected chi connectivity index (χ2v) is 20.2. The van der Waals surface area contributed by atoms with Gasteiger partial charge in [-0.25, -0.2) is 21.5 Å². The minimum atomic E-state index is -3.68. The van der Waals surface area contributed by atoms with Crippen molar-refractivity contribution < 1.29 is 16.8 Å². The van der Waals surface area contributed by atoms with Gasteiger partial charge < -0.3 is 20.4 Å². The molecule has 4 N–H and O–H groups in total. The van der Waals surface area contributed by atoms with Crippen molar-refractivity contribution in [2.24, 2.45) is 0 Å². The van der Waals surface area contributed by atoms with Gasteiger partial charge in [-0.1, -0.05) is 35.9 Å². The summed E-state index contributed by atoms with van der Waals surface area (Å²) < 4.78 is 59.2. The first-order valence-corrected chi connectivity index (χ1v) is 23.6. The number of sulfonamides is 2. The lowest BCUT2D eigenvalue weighted by Crippen LogP contribution is -2.54. The Labute approximate surface area is 356 Å². The number of aromatic nitrogens is 2. The molecule has 4 heterocycles. The van der Waals surface area contributed by atoms with Crippen molar-refractivity contribution in [3.8, 4) is 16.1 Å². The van der Waals surface area contributed by atoms with Gasteiger partial charge in [0.05, 0.1) is 31.2 Å². The molecule has 0 radical (unpaired) electrons. The standard InChI is InChI=1S/C22H24ClN3O2S2.C21H25N5O2S/c1-15-13-26(14-16(2)24-15)19-5-3-4-18(12-19)25-30(27,28)20-8-6-17(7-9-20)21-10-11-22(23)29-21;1-16-14-25(15-17(2)23-16)20-6-3-5-18(13-20)24-29(27,28)21-9-7-19(8-10-21)26-12-4-11-22-26/h3-12,15-16,24-25H,13-14H2,1-2H3;3-13,16-17,23-24H,14-15H2,1-2H3/t15-,16+;16-,17+. The van der Waals surface area contributed by atoms with E-state index in [1.165, 1.54) is 11.3 Å². The zero-order valence-electron chi connectivity index (χ0n) is 33.3. The van der Waals surface area contributed by atoms with Gasteiger partial charge in [0.2, 0.25) is 0 Å². The molecule has 0 saturated carbocycles. The molecule has 4 atom stereocenters. The number of anilines is 4. The monoisotopic (exact) mass is 872 g/mol. The number of nitrogens with zero attached hydrogens (tertiary/aromatic N) is 4. The SMILES string of the molecule is C[C@@H]1CN(c2cccc(NS(=O)(=O)c3ccc(-c4ccc(Cl)s4)cc3)c2)C[C@H](C)N1.C[C@@H]1CN(c2cccc(NS(=O)(=O)c3ccc(-n4cccn4)cc3)c2)C[C@H](C)N1. The first-order valence-electron chi connectivity index (χ1n) is 19.4. The van der Waals surface area contributed by atoms with E-state index in [4.69, 9.17) is 11.6 Å². The Morgan fingerprint density at radius 2 is 1.08 bits per heavy atom. The molecule has 0 aliphatic carbocycles. The third kappa shape index (κ3) is 10.8. The van der Waals surface area contributed by atoms with Crippen molar-refractivity contribution in [3.05, 3.63) is 132 Å². The molecule has 16 heteroatoms. The number of piperazine rings is 2. The number of hydrogen-bond acceptors (Lipinski definition) is 10. The van der Waals surface area contributed by atoms with Gasteiger partial charge in [-0.15, -0.1) is 11.3 Å². The van der Waals surface area contributed by atoms with Crippen molar-refractivity contribution in [2.45, 2.75) is 61.7 Å². The van der Waals surface area contributed by atoms with E-state index in [0.717, 1.165) is 53.7 Å². The van der Waals surface area contributed by atoms with Crippen molar-refractivity contribution >= 4 is 65.7 Å². The van der Waals surface area contributed by atoms with Gasteiger partial charge in [0, 0.05) is 79.0 Å². The molecule has 2 aliphatic rings. The summed E-state index contributed by atoms with van der Waals surface area (Å²) in [5.41, 5.74) is 4.88.